The molecule has 100 valence electrons. The molecule has 2 aromatic rings. The number of nitrogens with one attached hydrogen (secondary N) is 1. The molecule has 4 heteroatoms. The molecular weight excluding hydrogens is 238 g/mol. The maximum Gasteiger partial charge on any atom is 0.129 e. The van der Waals surface area contributed by atoms with Gasteiger partial charge in [-0.2, -0.15) is 0 Å². The number of aromatic nitrogens is 2. The van der Waals surface area contributed by atoms with E-state index in [1.54, 1.807) is 7.11 Å². The van der Waals surface area contributed by atoms with Gasteiger partial charge in [0.25, 0.3) is 0 Å². The Morgan fingerprint density at radius 1 is 1.21 bits per heavy atom. The van der Waals surface area contributed by atoms with Crippen molar-refractivity contribution < 1.29 is 4.74 Å². The van der Waals surface area contributed by atoms with E-state index in [0.29, 0.717) is 0 Å². The van der Waals surface area contributed by atoms with Crippen molar-refractivity contribution in [3.8, 4) is 17.0 Å². The molecular formula is C15H19N3O. The Morgan fingerprint density at radius 3 is 2.84 bits per heavy atom. The second kappa shape index (κ2) is 6.85. The molecule has 2 rings (SSSR count). The second-order valence-electron chi connectivity index (χ2n) is 4.27. The Hall–Kier alpha value is -1.94. The highest BCUT2D eigenvalue weighted by Gasteiger charge is 2.07. The number of hydrogen-bond donors (Lipinski definition) is 1. The van der Waals surface area contributed by atoms with Gasteiger partial charge in [-0.15, -0.1) is 0 Å². The summed E-state index contributed by atoms with van der Waals surface area (Å²) in [7, 11) is 3.62. The predicted octanol–water partition coefficient (Wildman–Crippen LogP) is 2.30. The van der Waals surface area contributed by atoms with Gasteiger partial charge in [-0.3, -0.25) is 0 Å². The Morgan fingerprint density at radius 2 is 2.05 bits per heavy atom. The fourth-order valence-corrected chi connectivity index (χ4v) is 1.95. The molecule has 0 saturated heterocycles. The molecule has 1 heterocycles. The first-order valence-electron chi connectivity index (χ1n) is 6.45. The molecule has 1 aromatic heterocycles. The minimum Gasteiger partial charge on any atom is -0.496 e. The Balaban J connectivity index is 2.22. The molecule has 1 aromatic carbocycles. The molecule has 0 saturated carbocycles. The summed E-state index contributed by atoms with van der Waals surface area (Å²) in [5.74, 6) is 1.71. The summed E-state index contributed by atoms with van der Waals surface area (Å²) in [5, 5.41) is 3.13. The molecule has 0 fully saturated rings. The van der Waals surface area contributed by atoms with Crippen LogP contribution in [-0.2, 0) is 6.42 Å². The van der Waals surface area contributed by atoms with Crippen molar-refractivity contribution in [2.45, 2.75) is 12.8 Å². The average molecular weight is 257 g/mol. The predicted molar refractivity (Wildman–Crippen MR) is 76.3 cm³/mol. The lowest BCUT2D eigenvalue weighted by atomic mass is 10.1. The van der Waals surface area contributed by atoms with Crippen LogP contribution < -0.4 is 10.1 Å². The van der Waals surface area contributed by atoms with Crippen LogP contribution in [0.4, 0.5) is 0 Å². The summed E-state index contributed by atoms with van der Waals surface area (Å²) in [6.45, 7) is 0.974. The van der Waals surface area contributed by atoms with E-state index >= 15 is 0 Å². The largest absolute Gasteiger partial charge is 0.496 e. The lowest BCUT2D eigenvalue weighted by Crippen LogP contribution is -2.09. The van der Waals surface area contributed by atoms with Crippen molar-refractivity contribution >= 4 is 0 Å². The number of aryl methyl sites for hydroxylation is 1. The van der Waals surface area contributed by atoms with Crippen LogP contribution in [0.5, 0.6) is 5.75 Å². The van der Waals surface area contributed by atoms with Crippen molar-refractivity contribution in [3.05, 3.63) is 42.4 Å². The smallest absolute Gasteiger partial charge is 0.129 e. The lowest BCUT2D eigenvalue weighted by Gasteiger charge is -2.08. The molecule has 19 heavy (non-hydrogen) atoms. The van der Waals surface area contributed by atoms with Gasteiger partial charge in [-0.25, -0.2) is 9.97 Å². The van der Waals surface area contributed by atoms with E-state index in [-0.39, 0.29) is 0 Å². The summed E-state index contributed by atoms with van der Waals surface area (Å²) < 4.78 is 5.37. The summed E-state index contributed by atoms with van der Waals surface area (Å²) in [4.78, 5) is 8.92. The normalized spacial score (nSPS) is 10.4. The second-order valence-corrected chi connectivity index (χ2v) is 4.27. The van der Waals surface area contributed by atoms with Crippen LogP contribution in [0.3, 0.4) is 0 Å². The number of hydrogen-bond acceptors (Lipinski definition) is 4. The SMILES string of the molecule is CNCCCc1nccc(-c2ccccc2OC)n1. The van der Waals surface area contributed by atoms with Crippen LogP contribution in [-0.4, -0.2) is 30.7 Å². The first kappa shape index (κ1) is 13.5. The van der Waals surface area contributed by atoms with Gasteiger partial charge in [0.05, 0.1) is 12.8 Å². The van der Waals surface area contributed by atoms with Crippen molar-refractivity contribution in [2.24, 2.45) is 0 Å². The minimum atomic E-state index is 0.836. The quantitative estimate of drug-likeness (QED) is 0.807. The first-order valence-corrected chi connectivity index (χ1v) is 6.45. The molecule has 4 nitrogen and oxygen atoms in total. The zero-order valence-electron chi connectivity index (χ0n) is 11.4. The molecule has 0 aliphatic carbocycles. The van der Waals surface area contributed by atoms with E-state index in [4.69, 9.17) is 4.74 Å². The molecule has 0 spiro atoms. The summed E-state index contributed by atoms with van der Waals surface area (Å²) in [6, 6.07) is 9.81. The van der Waals surface area contributed by atoms with E-state index in [2.05, 4.69) is 15.3 Å². The lowest BCUT2D eigenvalue weighted by molar-refractivity contribution is 0.416. The monoisotopic (exact) mass is 257 g/mol. The van der Waals surface area contributed by atoms with E-state index in [1.165, 1.54) is 0 Å². The maximum absolute atomic E-state index is 5.37. The first-order chi connectivity index (χ1) is 9.35. The summed E-state index contributed by atoms with van der Waals surface area (Å²) >= 11 is 0. The van der Waals surface area contributed by atoms with Crippen molar-refractivity contribution in [1.82, 2.24) is 15.3 Å². The third-order valence-electron chi connectivity index (χ3n) is 2.92. The highest BCUT2D eigenvalue weighted by Crippen LogP contribution is 2.27. The fraction of sp³-hybridized carbons (Fsp3) is 0.333. The van der Waals surface area contributed by atoms with Gasteiger partial charge in [0.15, 0.2) is 0 Å². The van der Waals surface area contributed by atoms with Gasteiger partial charge in [-0.1, -0.05) is 12.1 Å². The summed E-state index contributed by atoms with van der Waals surface area (Å²) in [5.41, 5.74) is 1.91. The number of rotatable bonds is 6. The molecule has 0 aliphatic rings. The van der Waals surface area contributed by atoms with Crippen LogP contribution in [0.15, 0.2) is 36.5 Å². The fourth-order valence-electron chi connectivity index (χ4n) is 1.95. The van der Waals surface area contributed by atoms with Crippen LogP contribution in [0.2, 0.25) is 0 Å². The molecule has 0 aliphatic heterocycles. The topological polar surface area (TPSA) is 47.0 Å². The van der Waals surface area contributed by atoms with Crippen molar-refractivity contribution in [3.63, 3.8) is 0 Å². The van der Waals surface area contributed by atoms with Gasteiger partial charge in [0.1, 0.15) is 11.6 Å². The zero-order chi connectivity index (χ0) is 13.5. The molecule has 0 amide bonds. The van der Waals surface area contributed by atoms with E-state index < -0.39 is 0 Å². The van der Waals surface area contributed by atoms with E-state index in [0.717, 1.165) is 42.2 Å². The number of ether oxygens (including phenoxy) is 1. The zero-order valence-corrected chi connectivity index (χ0v) is 11.4. The molecule has 1 N–H and O–H groups in total. The summed E-state index contributed by atoms with van der Waals surface area (Å²) in [6.07, 6.45) is 3.72. The van der Waals surface area contributed by atoms with Crippen molar-refractivity contribution in [1.29, 1.82) is 0 Å². The Bertz CT molecular complexity index is 528. The van der Waals surface area contributed by atoms with Crippen LogP contribution >= 0.6 is 0 Å². The van der Waals surface area contributed by atoms with Gasteiger partial charge in [0.2, 0.25) is 0 Å². The van der Waals surface area contributed by atoms with Crippen LogP contribution in [0, 0.1) is 0 Å². The highest BCUT2D eigenvalue weighted by molar-refractivity contribution is 5.66. The van der Waals surface area contributed by atoms with Crippen LogP contribution in [0.25, 0.3) is 11.3 Å². The number of benzene rings is 1. The molecule has 0 radical (unpaired) electrons. The maximum atomic E-state index is 5.37. The minimum absolute atomic E-state index is 0.836. The van der Waals surface area contributed by atoms with E-state index in [9.17, 15) is 0 Å². The molecule has 0 unspecified atom stereocenters. The van der Waals surface area contributed by atoms with Gasteiger partial charge in [-0.05, 0) is 38.2 Å². The number of para-hydroxylation sites is 1. The molecule has 0 atom stereocenters. The third-order valence-corrected chi connectivity index (χ3v) is 2.92. The van der Waals surface area contributed by atoms with Gasteiger partial charge < -0.3 is 10.1 Å². The van der Waals surface area contributed by atoms with Gasteiger partial charge >= 0.3 is 0 Å². The van der Waals surface area contributed by atoms with E-state index in [1.807, 2.05) is 43.6 Å². The number of nitrogens with zero attached hydrogens (tertiary/aromatic N) is 2. The average Bonchev–Trinajstić information content (AvgIpc) is 2.48. The van der Waals surface area contributed by atoms with Gasteiger partial charge in [0, 0.05) is 18.2 Å². The Kier molecular flexibility index (Phi) is 4.86. The Labute approximate surface area is 113 Å². The van der Waals surface area contributed by atoms with Crippen LogP contribution in [0.1, 0.15) is 12.2 Å². The van der Waals surface area contributed by atoms with Crippen molar-refractivity contribution in [2.75, 3.05) is 20.7 Å². The number of methoxy groups -OCH3 is 1. The standard InChI is InChI=1S/C15H19N3O/c1-16-10-5-8-15-17-11-9-13(18-15)12-6-3-4-7-14(12)19-2/h3-4,6-7,9,11,16H,5,8,10H2,1-2H3. The highest BCUT2D eigenvalue weighted by atomic mass is 16.5. The third kappa shape index (κ3) is 3.51. The molecule has 0 bridgehead atoms.